The van der Waals surface area contributed by atoms with Crippen LogP contribution >= 0.6 is 11.8 Å². The van der Waals surface area contributed by atoms with Gasteiger partial charge in [-0.2, -0.15) is 0 Å². The van der Waals surface area contributed by atoms with Crippen LogP contribution in [0.4, 0.5) is 5.69 Å². The summed E-state index contributed by atoms with van der Waals surface area (Å²) in [5.41, 5.74) is 2.33. The maximum absolute atomic E-state index is 12.8. The number of hydrogen-bond donors (Lipinski definition) is 2. The standard InChI is InChI=1S/C31H33N5O7S/c1-5-43-30(39)21-8-10-22(11-9-21)33-29(38)19-44-31-35-34-27(36(31)25-17-24(41-3)14-15-26(25)42-4)18-32-28(37)16-20-6-12-23(40-2)13-7-20/h6-15,17H,5,16,18-19H2,1-4H3,(H,32,37)(H,33,38). The van der Waals surface area contributed by atoms with Gasteiger partial charge in [-0.25, -0.2) is 4.79 Å². The molecule has 0 aliphatic carbocycles. The average molecular weight is 620 g/mol. The number of benzene rings is 3. The fourth-order valence-corrected chi connectivity index (χ4v) is 4.89. The predicted octanol–water partition coefficient (Wildman–Crippen LogP) is 4.06. The number of thioether (sulfide) groups is 1. The first-order valence-corrected chi connectivity index (χ1v) is 14.6. The molecule has 0 atom stereocenters. The number of hydrogen-bond acceptors (Lipinski definition) is 10. The molecule has 3 aromatic carbocycles. The molecule has 2 N–H and O–H groups in total. The highest BCUT2D eigenvalue weighted by Gasteiger charge is 2.20. The molecule has 0 unspecified atom stereocenters. The van der Waals surface area contributed by atoms with Crippen molar-refractivity contribution in [3.05, 3.63) is 83.7 Å². The lowest BCUT2D eigenvalue weighted by Crippen LogP contribution is -2.26. The third-order valence-corrected chi connectivity index (χ3v) is 7.24. The summed E-state index contributed by atoms with van der Waals surface area (Å²) in [5.74, 6) is 1.31. The molecule has 13 heteroatoms. The minimum Gasteiger partial charge on any atom is -0.497 e. The van der Waals surface area contributed by atoms with Gasteiger partial charge in [-0.15, -0.1) is 10.2 Å². The molecule has 0 radical (unpaired) electrons. The fraction of sp³-hybridized carbons (Fsp3) is 0.258. The lowest BCUT2D eigenvalue weighted by Gasteiger charge is -2.15. The van der Waals surface area contributed by atoms with E-state index in [0.29, 0.717) is 45.2 Å². The molecule has 1 heterocycles. The predicted molar refractivity (Wildman–Crippen MR) is 165 cm³/mol. The number of ether oxygens (including phenoxy) is 4. The molecular formula is C31H33N5O7S. The number of methoxy groups -OCH3 is 3. The lowest BCUT2D eigenvalue weighted by molar-refractivity contribution is -0.120. The number of nitrogens with zero attached hydrogens (tertiary/aromatic N) is 3. The van der Waals surface area contributed by atoms with Gasteiger partial charge in [0.25, 0.3) is 0 Å². The Labute approximate surface area is 259 Å². The molecule has 2 amide bonds. The summed E-state index contributed by atoms with van der Waals surface area (Å²) < 4.78 is 22.9. The van der Waals surface area contributed by atoms with Gasteiger partial charge < -0.3 is 29.6 Å². The van der Waals surface area contributed by atoms with Crippen LogP contribution in [0, 0.1) is 0 Å². The van der Waals surface area contributed by atoms with Crippen molar-refractivity contribution in [3.63, 3.8) is 0 Å². The third-order valence-electron chi connectivity index (χ3n) is 6.31. The van der Waals surface area contributed by atoms with E-state index in [9.17, 15) is 14.4 Å². The zero-order valence-electron chi connectivity index (χ0n) is 24.8. The molecular weight excluding hydrogens is 586 g/mol. The van der Waals surface area contributed by atoms with Crippen molar-refractivity contribution >= 4 is 35.2 Å². The number of carbonyl (C=O) groups excluding carboxylic acids is 3. The molecule has 0 aliphatic rings. The van der Waals surface area contributed by atoms with Crippen molar-refractivity contribution in [1.29, 1.82) is 0 Å². The Bertz CT molecular complexity index is 1590. The Balaban J connectivity index is 1.49. The highest BCUT2D eigenvalue weighted by molar-refractivity contribution is 7.99. The van der Waals surface area contributed by atoms with Gasteiger partial charge in [0.1, 0.15) is 17.2 Å². The first kappa shape index (κ1) is 31.9. The average Bonchev–Trinajstić information content (AvgIpc) is 3.45. The van der Waals surface area contributed by atoms with Gasteiger partial charge in [-0.05, 0) is 61.0 Å². The zero-order chi connectivity index (χ0) is 31.5. The van der Waals surface area contributed by atoms with E-state index in [1.165, 1.54) is 0 Å². The van der Waals surface area contributed by atoms with Crippen LogP contribution in [0.15, 0.2) is 71.9 Å². The Hall–Kier alpha value is -5.04. The molecule has 0 saturated heterocycles. The second-order valence-electron chi connectivity index (χ2n) is 9.21. The van der Waals surface area contributed by atoms with Gasteiger partial charge in [0.2, 0.25) is 11.8 Å². The summed E-state index contributed by atoms with van der Waals surface area (Å²) >= 11 is 1.16. The summed E-state index contributed by atoms with van der Waals surface area (Å²) in [7, 11) is 4.68. The number of anilines is 1. The summed E-state index contributed by atoms with van der Waals surface area (Å²) in [6.45, 7) is 2.08. The van der Waals surface area contributed by atoms with Gasteiger partial charge in [-0.1, -0.05) is 23.9 Å². The van der Waals surface area contributed by atoms with Crippen LogP contribution in [-0.2, 0) is 27.3 Å². The van der Waals surface area contributed by atoms with Crippen LogP contribution in [0.1, 0.15) is 28.7 Å². The molecule has 4 rings (SSSR count). The third kappa shape index (κ3) is 8.28. The largest absolute Gasteiger partial charge is 0.497 e. The quantitative estimate of drug-likeness (QED) is 0.157. The summed E-state index contributed by atoms with van der Waals surface area (Å²) in [6.07, 6.45) is 0.170. The van der Waals surface area contributed by atoms with E-state index in [-0.39, 0.29) is 37.1 Å². The molecule has 0 spiro atoms. The lowest BCUT2D eigenvalue weighted by atomic mass is 10.1. The van der Waals surface area contributed by atoms with Crippen molar-refractivity contribution in [2.45, 2.75) is 25.0 Å². The van der Waals surface area contributed by atoms with Gasteiger partial charge in [0, 0.05) is 11.8 Å². The summed E-state index contributed by atoms with van der Waals surface area (Å²) in [6, 6.07) is 19.0. The van der Waals surface area contributed by atoms with Gasteiger partial charge in [0.05, 0.1) is 57.9 Å². The minimum atomic E-state index is -0.430. The number of amides is 2. The zero-order valence-corrected chi connectivity index (χ0v) is 25.6. The first-order chi connectivity index (χ1) is 21.3. The van der Waals surface area contributed by atoms with Crippen LogP contribution in [0.2, 0.25) is 0 Å². The summed E-state index contributed by atoms with van der Waals surface area (Å²) in [5, 5.41) is 14.7. The molecule has 0 saturated carbocycles. The van der Waals surface area contributed by atoms with E-state index in [1.807, 2.05) is 12.1 Å². The Morgan fingerprint density at radius 1 is 0.841 bits per heavy atom. The SMILES string of the molecule is CCOC(=O)c1ccc(NC(=O)CSc2nnc(CNC(=O)Cc3ccc(OC)cc3)n2-c2cc(OC)ccc2OC)cc1. The van der Waals surface area contributed by atoms with Crippen LogP contribution in [-0.4, -0.2) is 66.2 Å². The van der Waals surface area contributed by atoms with E-state index < -0.39 is 5.97 Å². The van der Waals surface area contributed by atoms with Crippen LogP contribution in [0.25, 0.3) is 5.69 Å². The molecule has 0 aliphatic heterocycles. The van der Waals surface area contributed by atoms with Gasteiger partial charge in [-0.3, -0.25) is 14.2 Å². The number of esters is 1. The van der Waals surface area contributed by atoms with Crippen molar-refractivity contribution in [2.24, 2.45) is 0 Å². The van der Waals surface area contributed by atoms with Crippen molar-refractivity contribution in [1.82, 2.24) is 20.1 Å². The van der Waals surface area contributed by atoms with E-state index in [1.54, 1.807) is 87.4 Å². The second kappa shape index (κ2) is 15.4. The smallest absolute Gasteiger partial charge is 0.338 e. The van der Waals surface area contributed by atoms with Crippen molar-refractivity contribution < 1.29 is 33.3 Å². The highest BCUT2D eigenvalue weighted by atomic mass is 32.2. The fourth-order valence-electron chi connectivity index (χ4n) is 4.12. The summed E-state index contributed by atoms with van der Waals surface area (Å²) in [4.78, 5) is 37.5. The van der Waals surface area contributed by atoms with Gasteiger partial charge >= 0.3 is 5.97 Å². The van der Waals surface area contributed by atoms with E-state index in [2.05, 4.69) is 20.8 Å². The Kier molecular flexibility index (Phi) is 11.2. The highest BCUT2D eigenvalue weighted by Crippen LogP contribution is 2.32. The molecule has 1 aromatic heterocycles. The monoisotopic (exact) mass is 619 g/mol. The molecule has 0 fully saturated rings. The maximum Gasteiger partial charge on any atom is 0.338 e. The molecule has 230 valence electrons. The van der Waals surface area contributed by atoms with E-state index in [0.717, 1.165) is 17.3 Å². The van der Waals surface area contributed by atoms with Crippen LogP contribution < -0.4 is 24.8 Å². The second-order valence-corrected chi connectivity index (χ2v) is 10.2. The molecule has 12 nitrogen and oxygen atoms in total. The molecule has 0 bridgehead atoms. The Morgan fingerprint density at radius 3 is 2.20 bits per heavy atom. The number of rotatable bonds is 14. The van der Waals surface area contributed by atoms with E-state index in [4.69, 9.17) is 18.9 Å². The van der Waals surface area contributed by atoms with Crippen LogP contribution in [0.3, 0.4) is 0 Å². The van der Waals surface area contributed by atoms with E-state index >= 15 is 0 Å². The number of nitrogens with one attached hydrogen (secondary N) is 2. The molecule has 44 heavy (non-hydrogen) atoms. The van der Waals surface area contributed by atoms with Gasteiger partial charge in [0.15, 0.2) is 11.0 Å². The first-order valence-electron chi connectivity index (χ1n) is 13.6. The Morgan fingerprint density at radius 2 is 1.55 bits per heavy atom. The number of carbonyl (C=O) groups is 3. The maximum atomic E-state index is 12.8. The molecule has 4 aromatic rings. The number of aromatic nitrogens is 3. The van der Waals surface area contributed by atoms with Crippen LogP contribution in [0.5, 0.6) is 17.2 Å². The van der Waals surface area contributed by atoms with Crippen molar-refractivity contribution in [3.8, 4) is 22.9 Å². The van der Waals surface area contributed by atoms with Crippen molar-refractivity contribution in [2.75, 3.05) is 39.0 Å². The normalized spacial score (nSPS) is 10.5. The minimum absolute atomic E-state index is 0.00781. The topological polar surface area (TPSA) is 143 Å².